The van der Waals surface area contributed by atoms with Crippen LogP contribution in [-0.2, 0) is 9.53 Å². The minimum atomic E-state index is -4.57. The summed E-state index contributed by atoms with van der Waals surface area (Å²) in [6.45, 7) is 0. The van der Waals surface area contributed by atoms with Gasteiger partial charge >= 0.3 is 12.1 Å². The Labute approximate surface area is 112 Å². The van der Waals surface area contributed by atoms with Crippen molar-refractivity contribution in [1.29, 1.82) is 0 Å². The van der Waals surface area contributed by atoms with Crippen molar-refractivity contribution in [3.63, 3.8) is 0 Å². The first-order valence-electron chi connectivity index (χ1n) is 6.01. The number of carbonyl (C=O) groups is 2. The van der Waals surface area contributed by atoms with E-state index in [0.717, 1.165) is 0 Å². The summed E-state index contributed by atoms with van der Waals surface area (Å²) in [7, 11) is 0. The Morgan fingerprint density at radius 1 is 1.20 bits per heavy atom. The number of halogens is 3. The number of benzene rings is 1. The van der Waals surface area contributed by atoms with Crippen LogP contribution in [0.15, 0.2) is 30.3 Å². The largest absolute Gasteiger partial charge is 0.451 e. The predicted molar refractivity (Wildman–Crippen MR) is 62.9 cm³/mol. The second-order valence-electron chi connectivity index (χ2n) is 4.44. The van der Waals surface area contributed by atoms with Gasteiger partial charge in [-0.2, -0.15) is 13.2 Å². The number of rotatable bonds is 2. The Morgan fingerprint density at radius 3 is 2.40 bits per heavy atom. The third kappa shape index (κ3) is 3.28. The highest BCUT2D eigenvalue weighted by molar-refractivity contribution is 5.96. The first-order chi connectivity index (χ1) is 9.38. The minimum absolute atomic E-state index is 0.0957. The molecule has 1 saturated heterocycles. The summed E-state index contributed by atoms with van der Waals surface area (Å²) >= 11 is 0. The quantitative estimate of drug-likeness (QED) is 0.847. The lowest BCUT2D eigenvalue weighted by atomic mass is 10.0. The first kappa shape index (κ1) is 14.4. The van der Waals surface area contributed by atoms with E-state index in [0.29, 0.717) is 5.56 Å². The number of nitrogens with one attached hydrogen (secondary N) is 1. The van der Waals surface area contributed by atoms with Gasteiger partial charge in [0, 0.05) is 5.56 Å². The molecule has 1 aromatic rings. The van der Waals surface area contributed by atoms with Gasteiger partial charge in [-0.15, -0.1) is 0 Å². The van der Waals surface area contributed by atoms with Gasteiger partial charge < -0.3 is 10.1 Å². The molecule has 7 heteroatoms. The van der Waals surface area contributed by atoms with E-state index < -0.39 is 30.2 Å². The van der Waals surface area contributed by atoms with E-state index in [1.54, 1.807) is 30.3 Å². The number of alkyl halides is 3. The summed E-state index contributed by atoms with van der Waals surface area (Å²) in [6.07, 6.45) is -7.10. The van der Waals surface area contributed by atoms with Crippen LogP contribution in [0.3, 0.4) is 0 Å². The molecule has 0 aromatic heterocycles. The summed E-state index contributed by atoms with van der Waals surface area (Å²) in [5, 5.41) is 2.38. The number of hydrogen-bond acceptors (Lipinski definition) is 3. The fourth-order valence-electron chi connectivity index (χ4n) is 1.91. The minimum Gasteiger partial charge on any atom is -0.451 e. The number of cyclic esters (lactones) is 1. The number of ether oxygens (including phenoxy) is 1. The third-order valence-electron chi connectivity index (χ3n) is 2.97. The van der Waals surface area contributed by atoms with Crippen LogP contribution in [-0.4, -0.2) is 30.2 Å². The smallest absolute Gasteiger partial charge is 0.425 e. The van der Waals surface area contributed by atoms with Gasteiger partial charge in [-0.1, -0.05) is 18.2 Å². The van der Waals surface area contributed by atoms with Crippen LogP contribution in [0.25, 0.3) is 0 Å². The molecule has 1 amide bonds. The molecule has 1 aliphatic rings. The van der Waals surface area contributed by atoms with Crippen LogP contribution in [0.5, 0.6) is 0 Å². The van der Waals surface area contributed by atoms with Crippen LogP contribution < -0.4 is 5.32 Å². The average Bonchev–Trinajstić information content (AvgIpc) is 2.41. The van der Waals surface area contributed by atoms with E-state index in [1.807, 2.05) is 0 Å². The third-order valence-corrected chi connectivity index (χ3v) is 2.97. The fraction of sp³-hybridized carbons (Fsp3) is 0.385. The van der Waals surface area contributed by atoms with Crippen molar-refractivity contribution in [1.82, 2.24) is 5.32 Å². The molecular weight excluding hydrogens is 275 g/mol. The van der Waals surface area contributed by atoms with Crippen molar-refractivity contribution in [3.8, 4) is 0 Å². The lowest BCUT2D eigenvalue weighted by molar-refractivity contribution is -0.230. The maximum Gasteiger partial charge on any atom is 0.425 e. The maximum absolute atomic E-state index is 12.4. The normalized spacial score (nSPS) is 23.1. The zero-order valence-electron chi connectivity index (χ0n) is 10.3. The molecule has 0 spiro atoms. The average molecular weight is 287 g/mol. The van der Waals surface area contributed by atoms with Gasteiger partial charge in [0.05, 0.1) is 0 Å². The van der Waals surface area contributed by atoms with E-state index in [1.165, 1.54) is 0 Å². The molecule has 0 unspecified atom stereocenters. The number of hydrogen-bond donors (Lipinski definition) is 1. The molecule has 4 nitrogen and oxygen atoms in total. The second kappa shape index (κ2) is 5.52. The molecule has 2 atom stereocenters. The van der Waals surface area contributed by atoms with Gasteiger partial charge in [0.1, 0.15) is 6.04 Å². The molecule has 1 aliphatic heterocycles. The van der Waals surface area contributed by atoms with E-state index >= 15 is 0 Å². The van der Waals surface area contributed by atoms with Gasteiger partial charge in [-0.3, -0.25) is 4.79 Å². The van der Waals surface area contributed by atoms with Gasteiger partial charge in [0.25, 0.3) is 5.91 Å². The maximum atomic E-state index is 12.4. The lowest BCUT2D eigenvalue weighted by Crippen LogP contribution is -2.49. The first-order valence-corrected chi connectivity index (χ1v) is 6.01. The summed E-state index contributed by atoms with van der Waals surface area (Å²) in [4.78, 5) is 23.3. The van der Waals surface area contributed by atoms with E-state index in [4.69, 9.17) is 0 Å². The molecule has 0 radical (unpaired) electrons. The van der Waals surface area contributed by atoms with Gasteiger partial charge in [-0.25, -0.2) is 4.79 Å². The standard InChI is InChI=1S/C13H12F3NO3/c14-13(15,16)10-7-6-9(12(19)20-10)17-11(18)8-4-2-1-3-5-8/h1-5,9-10H,6-7H2,(H,17,18)/t9-,10-/m0/s1. The predicted octanol–water partition coefficient (Wildman–Crippen LogP) is 2.05. The summed E-state index contributed by atoms with van der Waals surface area (Å²) in [6, 6.07) is 7.06. The highest BCUT2D eigenvalue weighted by Gasteiger charge is 2.46. The van der Waals surface area contributed by atoms with Gasteiger partial charge in [0.15, 0.2) is 6.10 Å². The Bertz CT molecular complexity index is 501. The van der Waals surface area contributed by atoms with Crippen molar-refractivity contribution in [2.24, 2.45) is 0 Å². The highest BCUT2D eigenvalue weighted by Crippen LogP contribution is 2.30. The molecule has 0 saturated carbocycles. The van der Waals surface area contributed by atoms with Crippen LogP contribution in [0.2, 0.25) is 0 Å². The zero-order chi connectivity index (χ0) is 14.8. The zero-order valence-corrected chi connectivity index (χ0v) is 10.3. The number of amides is 1. The Hall–Kier alpha value is -2.05. The van der Waals surface area contributed by atoms with Gasteiger partial charge in [-0.05, 0) is 25.0 Å². The second-order valence-corrected chi connectivity index (χ2v) is 4.44. The Balaban J connectivity index is 1.96. The van der Waals surface area contributed by atoms with Crippen molar-refractivity contribution in [2.45, 2.75) is 31.2 Å². The topological polar surface area (TPSA) is 55.4 Å². The van der Waals surface area contributed by atoms with Gasteiger partial charge in [0.2, 0.25) is 0 Å². The summed E-state index contributed by atoms with van der Waals surface area (Å²) in [5.74, 6) is -1.57. The van der Waals surface area contributed by atoms with E-state index in [9.17, 15) is 22.8 Å². The number of esters is 1. The molecule has 1 aromatic carbocycles. The summed E-state index contributed by atoms with van der Waals surface area (Å²) in [5.41, 5.74) is 0.332. The Morgan fingerprint density at radius 2 is 1.85 bits per heavy atom. The van der Waals surface area contributed by atoms with Crippen LogP contribution in [0.4, 0.5) is 13.2 Å². The fourth-order valence-corrected chi connectivity index (χ4v) is 1.91. The van der Waals surface area contributed by atoms with Crippen molar-refractivity contribution in [2.75, 3.05) is 0 Å². The molecule has 0 bridgehead atoms. The molecule has 1 fully saturated rings. The molecule has 108 valence electrons. The van der Waals surface area contributed by atoms with Crippen LogP contribution in [0.1, 0.15) is 23.2 Å². The molecule has 1 N–H and O–H groups in total. The molecule has 20 heavy (non-hydrogen) atoms. The van der Waals surface area contributed by atoms with Crippen LogP contribution >= 0.6 is 0 Å². The van der Waals surface area contributed by atoms with E-state index in [-0.39, 0.29) is 12.8 Å². The SMILES string of the molecule is O=C(N[C@H]1CC[C@@H](C(F)(F)F)OC1=O)c1ccccc1. The Kier molecular flexibility index (Phi) is 3.96. The molecule has 2 rings (SSSR count). The summed E-state index contributed by atoms with van der Waals surface area (Å²) < 4.78 is 41.5. The van der Waals surface area contributed by atoms with Crippen LogP contribution in [0, 0.1) is 0 Å². The molecule has 1 heterocycles. The van der Waals surface area contributed by atoms with Crippen molar-refractivity contribution < 1.29 is 27.5 Å². The van der Waals surface area contributed by atoms with Crippen molar-refractivity contribution in [3.05, 3.63) is 35.9 Å². The monoisotopic (exact) mass is 287 g/mol. The van der Waals surface area contributed by atoms with Crippen molar-refractivity contribution >= 4 is 11.9 Å². The number of carbonyl (C=O) groups excluding carboxylic acids is 2. The lowest BCUT2D eigenvalue weighted by Gasteiger charge is -2.29. The highest BCUT2D eigenvalue weighted by atomic mass is 19.4. The molecular formula is C13H12F3NO3. The molecule has 0 aliphatic carbocycles. The van der Waals surface area contributed by atoms with E-state index in [2.05, 4.69) is 10.1 Å².